The zero-order valence-corrected chi connectivity index (χ0v) is 16.1. The third-order valence-corrected chi connectivity index (χ3v) is 4.76. The number of benzene rings is 2. The monoisotopic (exact) mass is 401 g/mol. The molecule has 7 heteroatoms. The smallest absolute Gasteiger partial charge is 0.267 e. The van der Waals surface area contributed by atoms with Crippen LogP contribution >= 0.6 is 23.2 Å². The minimum absolute atomic E-state index is 0.208. The molecule has 0 saturated heterocycles. The topological polar surface area (TPSA) is 64.0 Å². The molecule has 3 rings (SSSR count). The van der Waals surface area contributed by atoms with E-state index < -0.39 is 0 Å². The molecule has 0 radical (unpaired) electrons. The first-order chi connectivity index (χ1) is 13.0. The lowest BCUT2D eigenvalue weighted by Gasteiger charge is -2.09. The van der Waals surface area contributed by atoms with Crippen LogP contribution in [0.3, 0.4) is 0 Å². The van der Waals surface area contributed by atoms with Crippen molar-refractivity contribution >= 4 is 34.8 Å². The number of aryl methyl sites for hydroxylation is 1. The first-order valence-electron chi connectivity index (χ1n) is 8.38. The third-order valence-electron chi connectivity index (χ3n) is 4.02. The number of nitrogens with one attached hydrogen (secondary N) is 1. The summed E-state index contributed by atoms with van der Waals surface area (Å²) >= 11 is 11.8. The predicted molar refractivity (Wildman–Crippen MR) is 108 cm³/mol. The fourth-order valence-corrected chi connectivity index (χ4v) is 2.84. The van der Waals surface area contributed by atoms with Crippen LogP contribution in [0.25, 0.3) is 11.3 Å². The molecule has 0 fully saturated rings. The van der Waals surface area contributed by atoms with Crippen molar-refractivity contribution in [2.75, 3.05) is 5.32 Å². The van der Waals surface area contributed by atoms with E-state index in [1.54, 1.807) is 24.3 Å². The summed E-state index contributed by atoms with van der Waals surface area (Å²) in [7, 11) is 0. The standard InChI is InChI=1S/C20H17Cl2N3O2/c1-2-13-3-5-14(6-4-13)18-9-10-20(27)25(24-18)12-19(26)23-15-7-8-16(21)17(22)11-15/h3-11H,2,12H2,1H3,(H,23,26). The molecule has 138 valence electrons. The molecule has 0 bridgehead atoms. The molecule has 1 N–H and O–H groups in total. The van der Waals surface area contributed by atoms with Gasteiger partial charge in [-0.05, 0) is 36.2 Å². The maximum absolute atomic E-state index is 12.3. The minimum Gasteiger partial charge on any atom is -0.324 e. The molecule has 1 heterocycles. The summed E-state index contributed by atoms with van der Waals surface area (Å²) < 4.78 is 1.13. The van der Waals surface area contributed by atoms with Gasteiger partial charge in [0.15, 0.2) is 0 Å². The Morgan fingerprint density at radius 2 is 1.78 bits per heavy atom. The number of halogens is 2. The molecule has 0 atom stereocenters. The Hall–Kier alpha value is -2.63. The van der Waals surface area contributed by atoms with Crippen LogP contribution in [0.1, 0.15) is 12.5 Å². The van der Waals surface area contributed by atoms with Crippen molar-refractivity contribution in [2.24, 2.45) is 0 Å². The van der Waals surface area contributed by atoms with Gasteiger partial charge in [0, 0.05) is 17.3 Å². The van der Waals surface area contributed by atoms with Gasteiger partial charge in [-0.2, -0.15) is 5.10 Å². The van der Waals surface area contributed by atoms with E-state index in [4.69, 9.17) is 23.2 Å². The number of amides is 1. The first-order valence-corrected chi connectivity index (χ1v) is 9.14. The van der Waals surface area contributed by atoms with Crippen molar-refractivity contribution in [3.8, 4) is 11.3 Å². The van der Waals surface area contributed by atoms with Gasteiger partial charge < -0.3 is 5.32 Å². The number of rotatable bonds is 5. The molecule has 0 aliphatic carbocycles. The summed E-state index contributed by atoms with van der Waals surface area (Å²) in [6.07, 6.45) is 0.947. The number of nitrogens with zero attached hydrogens (tertiary/aromatic N) is 2. The average molecular weight is 402 g/mol. The van der Waals surface area contributed by atoms with E-state index in [2.05, 4.69) is 17.3 Å². The Morgan fingerprint density at radius 1 is 1.04 bits per heavy atom. The first kappa shape index (κ1) is 19.1. The third kappa shape index (κ3) is 4.76. The summed E-state index contributed by atoms with van der Waals surface area (Å²) in [4.78, 5) is 24.3. The molecule has 5 nitrogen and oxygen atoms in total. The van der Waals surface area contributed by atoms with Crippen LogP contribution in [0, 0.1) is 0 Å². The Labute approximate surface area is 166 Å². The number of carbonyl (C=O) groups is 1. The van der Waals surface area contributed by atoms with Crippen molar-refractivity contribution in [1.82, 2.24) is 9.78 Å². The lowest BCUT2D eigenvalue weighted by Crippen LogP contribution is -2.29. The van der Waals surface area contributed by atoms with Crippen LogP contribution in [0.5, 0.6) is 0 Å². The number of anilines is 1. The molecule has 1 aromatic heterocycles. The van der Waals surface area contributed by atoms with Crippen LogP contribution in [0.2, 0.25) is 10.0 Å². The van der Waals surface area contributed by atoms with E-state index >= 15 is 0 Å². The number of hydrogen-bond acceptors (Lipinski definition) is 3. The molecule has 27 heavy (non-hydrogen) atoms. The average Bonchev–Trinajstić information content (AvgIpc) is 2.66. The van der Waals surface area contributed by atoms with Gasteiger partial charge in [-0.15, -0.1) is 0 Å². The Kier molecular flexibility index (Phi) is 5.94. The van der Waals surface area contributed by atoms with Crippen LogP contribution in [-0.2, 0) is 17.8 Å². The van der Waals surface area contributed by atoms with Crippen molar-refractivity contribution in [2.45, 2.75) is 19.9 Å². The van der Waals surface area contributed by atoms with Crippen LogP contribution in [0.4, 0.5) is 5.69 Å². The zero-order valence-electron chi connectivity index (χ0n) is 14.6. The van der Waals surface area contributed by atoms with Crippen molar-refractivity contribution < 1.29 is 4.79 Å². The Morgan fingerprint density at radius 3 is 2.44 bits per heavy atom. The normalized spacial score (nSPS) is 10.6. The molecule has 0 unspecified atom stereocenters. The van der Waals surface area contributed by atoms with Crippen LogP contribution in [0.15, 0.2) is 59.4 Å². The zero-order chi connectivity index (χ0) is 19.4. The van der Waals surface area contributed by atoms with Gasteiger partial charge in [-0.3, -0.25) is 9.59 Å². The lowest BCUT2D eigenvalue weighted by atomic mass is 10.1. The lowest BCUT2D eigenvalue weighted by molar-refractivity contribution is -0.117. The van der Waals surface area contributed by atoms with Gasteiger partial charge in [-0.1, -0.05) is 54.4 Å². The largest absolute Gasteiger partial charge is 0.324 e. The number of hydrogen-bond donors (Lipinski definition) is 1. The summed E-state index contributed by atoms with van der Waals surface area (Å²) in [5.41, 5.74) is 2.86. The quantitative estimate of drug-likeness (QED) is 0.687. The summed E-state index contributed by atoms with van der Waals surface area (Å²) in [5, 5.41) is 7.72. The van der Waals surface area contributed by atoms with Gasteiger partial charge in [0.2, 0.25) is 5.91 Å². The van der Waals surface area contributed by atoms with E-state index in [1.807, 2.05) is 24.3 Å². The molecule has 0 aliphatic heterocycles. The van der Waals surface area contributed by atoms with E-state index in [0.29, 0.717) is 21.4 Å². The highest BCUT2D eigenvalue weighted by atomic mass is 35.5. The van der Waals surface area contributed by atoms with Gasteiger partial charge in [0.1, 0.15) is 6.54 Å². The van der Waals surface area contributed by atoms with Gasteiger partial charge in [0.05, 0.1) is 15.7 Å². The summed E-state index contributed by atoms with van der Waals surface area (Å²) in [6.45, 7) is 1.87. The second-order valence-electron chi connectivity index (χ2n) is 5.94. The molecular weight excluding hydrogens is 385 g/mol. The maximum Gasteiger partial charge on any atom is 0.267 e. The Balaban J connectivity index is 1.78. The maximum atomic E-state index is 12.3. The molecule has 0 spiro atoms. The Bertz CT molecular complexity index is 1030. The second kappa shape index (κ2) is 8.37. The molecule has 0 aliphatic rings. The van der Waals surface area contributed by atoms with Crippen molar-refractivity contribution in [3.05, 3.63) is 80.6 Å². The van der Waals surface area contributed by atoms with E-state index in [9.17, 15) is 9.59 Å². The second-order valence-corrected chi connectivity index (χ2v) is 6.76. The molecule has 0 saturated carbocycles. The van der Waals surface area contributed by atoms with Gasteiger partial charge in [-0.25, -0.2) is 4.68 Å². The summed E-state index contributed by atoms with van der Waals surface area (Å²) in [5.74, 6) is -0.388. The van der Waals surface area contributed by atoms with E-state index in [1.165, 1.54) is 11.6 Å². The fraction of sp³-hybridized carbons (Fsp3) is 0.150. The SMILES string of the molecule is CCc1ccc(-c2ccc(=O)n(CC(=O)Nc3ccc(Cl)c(Cl)c3)n2)cc1. The highest BCUT2D eigenvalue weighted by molar-refractivity contribution is 6.42. The highest BCUT2D eigenvalue weighted by Gasteiger charge is 2.09. The molecular formula is C20H17Cl2N3O2. The predicted octanol–water partition coefficient (Wildman–Crippen LogP) is 4.42. The molecule has 2 aromatic carbocycles. The summed E-state index contributed by atoms with van der Waals surface area (Å²) in [6, 6.07) is 15.8. The van der Waals surface area contributed by atoms with E-state index in [0.717, 1.165) is 16.7 Å². The molecule has 3 aromatic rings. The van der Waals surface area contributed by atoms with Gasteiger partial charge >= 0.3 is 0 Å². The minimum atomic E-state index is -0.388. The molecule has 1 amide bonds. The van der Waals surface area contributed by atoms with Crippen LogP contribution in [-0.4, -0.2) is 15.7 Å². The van der Waals surface area contributed by atoms with E-state index in [-0.39, 0.29) is 18.0 Å². The van der Waals surface area contributed by atoms with Crippen molar-refractivity contribution in [1.29, 1.82) is 0 Å². The highest BCUT2D eigenvalue weighted by Crippen LogP contribution is 2.25. The number of carbonyl (C=O) groups excluding carboxylic acids is 1. The fourth-order valence-electron chi connectivity index (χ4n) is 2.54. The van der Waals surface area contributed by atoms with Crippen molar-refractivity contribution in [3.63, 3.8) is 0 Å². The van der Waals surface area contributed by atoms with Gasteiger partial charge in [0.25, 0.3) is 5.56 Å². The van der Waals surface area contributed by atoms with Crippen LogP contribution < -0.4 is 10.9 Å². The number of aromatic nitrogens is 2.